The van der Waals surface area contributed by atoms with Crippen LogP contribution < -0.4 is 10.1 Å². The number of hydrogen-bond acceptors (Lipinski definition) is 2. The third-order valence-corrected chi connectivity index (χ3v) is 5.54. The highest BCUT2D eigenvalue weighted by Gasteiger charge is 2.15. The van der Waals surface area contributed by atoms with Crippen LogP contribution >= 0.6 is 0 Å². The average Bonchev–Trinajstić information content (AvgIpc) is 3.13. The summed E-state index contributed by atoms with van der Waals surface area (Å²) in [6.07, 6.45) is 1.07. The van der Waals surface area contributed by atoms with E-state index in [4.69, 9.17) is 4.74 Å². The Morgan fingerprint density at radius 2 is 1.63 bits per heavy atom. The fraction of sp³-hybridized carbons (Fsp3) is 0.192. The number of nitrogens with one attached hydrogen (secondary N) is 2. The van der Waals surface area contributed by atoms with Crippen molar-refractivity contribution < 1.29 is 9.53 Å². The molecule has 1 amide bonds. The number of benzene rings is 3. The maximum absolute atomic E-state index is 12.7. The van der Waals surface area contributed by atoms with E-state index in [1.54, 1.807) is 7.11 Å². The minimum atomic E-state index is 0.0263. The lowest BCUT2D eigenvalue weighted by Crippen LogP contribution is -2.14. The number of hydrogen-bond donors (Lipinski definition) is 2. The van der Waals surface area contributed by atoms with Crippen LogP contribution in [-0.2, 0) is 11.2 Å². The van der Waals surface area contributed by atoms with Crippen LogP contribution in [0.25, 0.3) is 22.2 Å². The first-order chi connectivity index (χ1) is 14.6. The Bertz CT molecular complexity index is 1170. The number of carbonyl (C=O) groups excluding carboxylic acids is 1. The van der Waals surface area contributed by atoms with Crippen LogP contribution in [0.5, 0.6) is 5.75 Å². The van der Waals surface area contributed by atoms with Crippen molar-refractivity contribution in [2.75, 3.05) is 12.4 Å². The van der Waals surface area contributed by atoms with Crippen molar-refractivity contribution in [3.8, 4) is 17.0 Å². The van der Waals surface area contributed by atoms with Gasteiger partial charge in [-0.05, 0) is 72.9 Å². The molecule has 0 fully saturated rings. The Morgan fingerprint density at radius 1 is 0.933 bits per heavy atom. The van der Waals surface area contributed by atoms with E-state index in [1.807, 2.05) is 68.4 Å². The second-order valence-corrected chi connectivity index (χ2v) is 7.57. The van der Waals surface area contributed by atoms with Crippen LogP contribution in [0.2, 0.25) is 0 Å². The van der Waals surface area contributed by atoms with Gasteiger partial charge in [-0.3, -0.25) is 4.79 Å². The molecule has 0 aliphatic heterocycles. The molecule has 0 radical (unpaired) electrons. The normalized spacial score (nSPS) is 10.9. The van der Waals surface area contributed by atoms with Gasteiger partial charge in [0.05, 0.1) is 7.11 Å². The Kier molecular flexibility index (Phi) is 5.57. The van der Waals surface area contributed by atoms with E-state index in [2.05, 4.69) is 22.4 Å². The number of rotatable bonds is 6. The Labute approximate surface area is 176 Å². The van der Waals surface area contributed by atoms with Gasteiger partial charge in [0.15, 0.2) is 0 Å². The molecule has 0 aliphatic rings. The van der Waals surface area contributed by atoms with Gasteiger partial charge in [-0.2, -0.15) is 0 Å². The largest absolute Gasteiger partial charge is 0.497 e. The maximum Gasteiger partial charge on any atom is 0.224 e. The standard InChI is InChI=1S/C26H26N2O2/c1-17-7-6-8-18(2)25(17)28-24(29)16-15-22-21-9-4-5-10-23(21)27-26(22)19-11-13-20(30-3)14-12-19/h4-14,27H,15-16H2,1-3H3,(H,28,29). The fourth-order valence-corrected chi connectivity index (χ4v) is 3.92. The zero-order valence-corrected chi connectivity index (χ0v) is 17.6. The highest BCUT2D eigenvalue weighted by Crippen LogP contribution is 2.32. The van der Waals surface area contributed by atoms with Crippen LogP contribution in [0.3, 0.4) is 0 Å². The van der Waals surface area contributed by atoms with Gasteiger partial charge in [-0.1, -0.05) is 36.4 Å². The van der Waals surface area contributed by atoms with Crippen molar-refractivity contribution in [1.29, 1.82) is 0 Å². The predicted octanol–water partition coefficient (Wildman–Crippen LogP) is 6.03. The number of methoxy groups -OCH3 is 1. The van der Waals surface area contributed by atoms with E-state index < -0.39 is 0 Å². The lowest BCUT2D eigenvalue weighted by molar-refractivity contribution is -0.116. The molecule has 2 N–H and O–H groups in total. The van der Waals surface area contributed by atoms with Crippen molar-refractivity contribution in [3.05, 3.63) is 83.4 Å². The van der Waals surface area contributed by atoms with Gasteiger partial charge < -0.3 is 15.0 Å². The van der Waals surface area contributed by atoms with Gasteiger partial charge in [0.25, 0.3) is 0 Å². The molecule has 0 unspecified atom stereocenters. The van der Waals surface area contributed by atoms with E-state index in [-0.39, 0.29) is 5.91 Å². The van der Waals surface area contributed by atoms with Crippen molar-refractivity contribution >= 4 is 22.5 Å². The SMILES string of the molecule is COc1ccc(-c2[nH]c3ccccc3c2CCC(=O)Nc2c(C)cccc2C)cc1. The van der Waals surface area contributed by atoms with Gasteiger partial charge in [-0.15, -0.1) is 0 Å². The van der Waals surface area contributed by atoms with E-state index in [9.17, 15) is 4.79 Å². The number of amides is 1. The molecule has 4 heteroatoms. The second-order valence-electron chi connectivity index (χ2n) is 7.57. The number of carbonyl (C=O) groups is 1. The van der Waals surface area contributed by atoms with Gasteiger partial charge in [0.1, 0.15) is 5.75 Å². The van der Waals surface area contributed by atoms with Crippen molar-refractivity contribution in [1.82, 2.24) is 4.98 Å². The first-order valence-corrected chi connectivity index (χ1v) is 10.2. The summed E-state index contributed by atoms with van der Waals surface area (Å²) in [6.45, 7) is 4.04. The molecule has 0 saturated carbocycles. The smallest absolute Gasteiger partial charge is 0.224 e. The number of aromatic amines is 1. The molecule has 152 valence electrons. The molecule has 4 rings (SSSR count). The van der Waals surface area contributed by atoms with Crippen molar-refractivity contribution in [2.24, 2.45) is 0 Å². The number of anilines is 1. The quantitative estimate of drug-likeness (QED) is 0.416. The number of H-pyrrole nitrogens is 1. The highest BCUT2D eigenvalue weighted by molar-refractivity contribution is 5.94. The predicted molar refractivity (Wildman–Crippen MR) is 123 cm³/mol. The molecular weight excluding hydrogens is 372 g/mol. The molecule has 0 spiro atoms. The highest BCUT2D eigenvalue weighted by atomic mass is 16.5. The van der Waals surface area contributed by atoms with E-state index in [1.165, 1.54) is 0 Å². The summed E-state index contributed by atoms with van der Waals surface area (Å²) in [5, 5.41) is 4.25. The van der Waals surface area contributed by atoms with Gasteiger partial charge >= 0.3 is 0 Å². The maximum atomic E-state index is 12.7. The number of para-hydroxylation sites is 2. The third kappa shape index (κ3) is 3.94. The number of ether oxygens (including phenoxy) is 1. The average molecular weight is 399 g/mol. The topological polar surface area (TPSA) is 54.1 Å². The lowest BCUT2D eigenvalue weighted by Gasteiger charge is -2.12. The minimum absolute atomic E-state index is 0.0263. The summed E-state index contributed by atoms with van der Waals surface area (Å²) in [5.41, 5.74) is 7.44. The molecule has 1 aromatic heterocycles. The first-order valence-electron chi connectivity index (χ1n) is 10.2. The second kappa shape index (κ2) is 8.46. The van der Waals surface area contributed by atoms with Gasteiger partial charge in [-0.25, -0.2) is 0 Å². The Hall–Kier alpha value is -3.53. The molecule has 1 heterocycles. The van der Waals surface area contributed by atoms with Crippen LogP contribution in [0.1, 0.15) is 23.1 Å². The summed E-state index contributed by atoms with van der Waals surface area (Å²) in [7, 11) is 1.66. The van der Waals surface area contributed by atoms with Crippen LogP contribution in [-0.4, -0.2) is 18.0 Å². The van der Waals surface area contributed by atoms with Gasteiger partial charge in [0.2, 0.25) is 5.91 Å². The molecule has 4 nitrogen and oxygen atoms in total. The van der Waals surface area contributed by atoms with E-state index >= 15 is 0 Å². The van der Waals surface area contributed by atoms with Gasteiger partial charge in [0, 0.05) is 28.7 Å². The summed E-state index contributed by atoms with van der Waals surface area (Å²) >= 11 is 0. The molecule has 0 atom stereocenters. The van der Waals surface area contributed by atoms with Crippen molar-refractivity contribution in [2.45, 2.75) is 26.7 Å². The molecule has 0 saturated heterocycles. The summed E-state index contributed by atoms with van der Waals surface area (Å²) in [6, 6.07) is 22.3. The summed E-state index contributed by atoms with van der Waals surface area (Å²) < 4.78 is 5.29. The number of fused-ring (bicyclic) bond motifs is 1. The fourth-order valence-electron chi connectivity index (χ4n) is 3.92. The molecular formula is C26H26N2O2. The molecule has 30 heavy (non-hydrogen) atoms. The summed E-state index contributed by atoms with van der Waals surface area (Å²) in [5.74, 6) is 0.850. The van der Waals surface area contributed by atoms with Crippen LogP contribution in [0, 0.1) is 13.8 Å². The molecule has 0 bridgehead atoms. The van der Waals surface area contributed by atoms with E-state index in [0.29, 0.717) is 12.8 Å². The summed E-state index contributed by atoms with van der Waals surface area (Å²) in [4.78, 5) is 16.3. The minimum Gasteiger partial charge on any atom is -0.497 e. The first kappa shape index (κ1) is 19.8. The molecule has 4 aromatic rings. The number of aryl methyl sites for hydroxylation is 3. The lowest BCUT2D eigenvalue weighted by atomic mass is 10.0. The Balaban J connectivity index is 1.60. The van der Waals surface area contributed by atoms with Crippen LogP contribution in [0.15, 0.2) is 66.7 Å². The molecule has 0 aliphatic carbocycles. The zero-order valence-electron chi connectivity index (χ0n) is 17.6. The molecule has 3 aromatic carbocycles. The van der Waals surface area contributed by atoms with Crippen molar-refractivity contribution in [3.63, 3.8) is 0 Å². The van der Waals surface area contributed by atoms with Crippen LogP contribution in [0.4, 0.5) is 5.69 Å². The van der Waals surface area contributed by atoms with E-state index in [0.717, 1.165) is 50.3 Å². The number of aromatic nitrogens is 1. The zero-order chi connectivity index (χ0) is 21.1. The monoisotopic (exact) mass is 398 g/mol. The Morgan fingerprint density at radius 3 is 2.33 bits per heavy atom. The third-order valence-electron chi connectivity index (χ3n) is 5.54.